The van der Waals surface area contributed by atoms with Gasteiger partial charge in [-0.15, -0.1) is 0 Å². The van der Waals surface area contributed by atoms with E-state index in [-0.39, 0.29) is 16.5 Å². The molecule has 9 heteroatoms. The van der Waals surface area contributed by atoms with Crippen LogP contribution in [-0.4, -0.2) is 16.0 Å². The van der Waals surface area contributed by atoms with Crippen molar-refractivity contribution in [2.75, 3.05) is 0 Å². The highest BCUT2D eigenvalue weighted by Crippen LogP contribution is 2.38. The van der Waals surface area contributed by atoms with Crippen LogP contribution in [0, 0.1) is 0 Å². The van der Waals surface area contributed by atoms with Crippen molar-refractivity contribution in [2.24, 2.45) is 0 Å². The van der Waals surface area contributed by atoms with Gasteiger partial charge in [-0.2, -0.15) is 18.2 Å². The summed E-state index contributed by atoms with van der Waals surface area (Å²) in [6.45, 7) is 1.60. The molecule has 1 unspecified atom stereocenters. The number of carbonyl (C=O) groups is 1. The number of nitrogens with one attached hydrogen (secondary N) is 1. The van der Waals surface area contributed by atoms with Crippen LogP contribution in [0.2, 0.25) is 5.02 Å². The molecule has 1 aromatic carbocycles. The Morgan fingerprint density at radius 3 is 2.75 bits per heavy atom. The fraction of sp³-hybridized carbons (Fsp3) is 0.400. The minimum Gasteiger partial charge on any atom is -0.340 e. The summed E-state index contributed by atoms with van der Waals surface area (Å²) < 4.78 is 43.4. The molecule has 0 saturated heterocycles. The minimum atomic E-state index is -4.56. The van der Waals surface area contributed by atoms with Gasteiger partial charge in [0.1, 0.15) is 6.04 Å². The molecule has 0 aliphatic heterocycles. The lowest BCUT2D eigenvalue weighted by Gasteiger charge is -2.13. The molecule has 0 bridgehead atoms. The number of rotatable bonds is 4. The van der Waals surface area contributed by atoms with Crippen LogP contribution in [0.1, 0.15) is 59.4 Å². The molecule has 2 aromatic rings. The van der Waals surface area contributed by atoms with E-state index >= 15 is 0 Å². The molecule has 5 nitrogen and oxygen atoms in total. The van der Waals surface area contributed by atoms with Gasteiger partial charge in [-0.25, -0.2) is 0 Å². The molecule has 24 heavy (non-hydrogen) atoms. The van der Waals surface area contributed by atoms with Crippen LogP contribution in [0.3, 0.4) is 0 Å². The third-order valence-electron chi connectivity index (χ3n) is 3.66. The van der Waals surface area contributed by atoms with Crippen LogP contribution < -0.4 is 5.32 Å². The fourth-order valence-corrected chi connectivity index (χ4v) is 2.35. The van der Waals surface area contributed by atoms with Crippen LogP contribution in [0.4, 0.5) is 13.2 Å². The Kier molecular flexibility index (Phi) is 4.25. The molecule has 1 amide bonds. The number of carbonyl (C=O) groups excluding carboxylic acids is 1. The van der Waals surface area contributed by atoms with E-state index in [1.807, 2.05) is 0 Å². The Labute approximate surface area is 140 Å². The maximum absolute atomic E-state index is 12.8. The first-order chi connectivity index (χ1) is 11.3. The number of hydrogen-bond donors (Lipinski definition) is 1. The van der Waals surface area contributed by atoms with Gasteiger partial charge in [-0.3, -0.25) is 4.79 Å². The zero-order valence-electron chi connectivity index (χ0n) is 12.5. The topological polar surface area (TPSA) is 68.0 Å². The molecule has 1 aromatic heterocycles. The van der Waals surface area contributed by atoms with Crippen LogP contribution in [-0.2, 0) is 6.18 Å². The van der Waals surface area contributed by atoms with E-state index in [4.69, 9.17) is 16.1 Å². The molecule has 1 aliphatic rings. The predicted molar refractivity (Wildman–Crippen MR) is 78.6 cm³/mol. The summed E-state index contributed by atoms with van der Waals surface area (Å²) >= 11 is 5.84. The molecule has 3 rings (SSSR count). The zero-order valence-corrected chi connectivity index (χ0v) is 13.3. The Hall–Kier alpha value is -2.09. The molecule has 1 N–H and O–H groups in total. The van der Waals surface area contributed by atoms with Gasteiger partial charge in [0.05, 0.1) is 16.1 Å². The lowest BCUT2D eigenvalue weighted by Crippen LogP contribution is -2.27. The second-order valence-electron chi connectivity index (χ2n) is 5.65. The largest absolute Gasteiger partial charge is 0.416 e. The van der Waals surface area contributed by atoms with Crippen molar-refractivity contribution in [3.8, 4) is 0 Å². The van der Waals surface area contributed by atoms with Crippen molar-refractivity contribution >= 4 is 17.5 Å². The maximum Gasteiger partial charge on any atom is 0.416 e. The summed E-state index contributed by atoms with van der Waals surface area (Å²) in [5.41, 5.74) is -1.21. The highest BCUT2D eigenvalue weighted by atomic mass is 35.5. The highest BCUT2D eigenvalue weighted by molar-refractivity contribution is 6.33. The molecule has 1 fully saturated rings. The number of benzene rings is 1. The molecule has 1 heterocycles. The second kappa shape index (κ2) is 6.08. The number of hydrogen-bond acceptors (Lipinski definition) is 4. The third-order valence-corrected chi connectivity index (χ3v) is 3.99. The van der Waals surface area contributed by atoms with E-state index in [2.05, 4.69) is 15.5 Å². The summed E-state index contributed by atoms with van der Waals surface area (Å²) in [7, 11) is 0. The Morgan fingerprint density at radius 1 is 1.42 bits per heavy atom. The maximum atomic E-state index is 12.8. The number of halogens is 4. The fourth-order valence-electron chi connectivity index (χ4n) is 2.14. The first-order valence-corrected chi connectivity index (χ1v) is 7.64. The van der Waals surface area contributed by atoms with E-state index in [0.717, 1.165) is 25.0 Å². The van der Waals surface area contributed by atoms with Crippen LogP contribution in [0.25, 0.3) is 0 Å². The molecular formula is C15H13ClF3N3O2. The smallest absolute Gasteiger partial charge is 0.340 e. The number of aromatic nitrogens is 2. The minimum absolute atomic E-state index is 0.0723. The monoisotopic (exact) mass is 359 g/mol. The first kappa shape index (κ1) is 16.8. The number of alkyl halides is 3. The quantitative estimate of drug-likeness (QED) is 0.892. The predicted octanol–water partition coefficient (Wildman–Crippen LogP) is 4.11. The van der Waals surface area contributed by atoms with Crippen LogP contribution in [0.15, 0.2) is 22.7 Å². The number of amides is 1. The Balaban J connectivity index is 1.76. The van der Waals surface area contributed by atoms with Crippen molar-refractivity contribution in [3.63, 3.8) is 0 Å². The molecule has 1 atom stereocenters. The summed E-state index contributed by atoms with van der Waals surface area (Å²) in [6, 6.07) is 1.93. The molecule has 1 aliphatic carbocycles. The molecule has 0 spiro atoms. The molecule has 0 radical (unpaired) electrons. The van der Waals surface area contributed by atoms with E-state index in [9.17, 15) is 18.0 Å². The van der Waals surface area contributed by atoms with Crippen molar-refractivity contribution < 1.29 is 22.5 Å². The van der Waals surface area contributed by atoms with Crippen molar-refractivity contribution in [2.45, 2.75) is 37.9 Å². The van der Waals surface area contributed by atoms with E-state index in [1.54, 1.807) is 6.92 Å². The van der Waals surface area contributed by atoms with Gasteiger partial charge in [0.15, 0.2) is 5.82 Å². The van der Waals surface area contributed by atoms with E-state index < -0.39 is 23.7 Å². The normalized spacial score (nSPS) is 16.0. The first-order valence-electron chi connectivity index (χ1n) is 7.27. The van der Waals surface area contributed by atoms with Gasteiger partial charge in [-0.05, 0) is 38.0 Å². The Morgan fingerprint density at radius 2 is 2.12 bits per heavy atom. The molecule has 1 saturated carbocycles. The van der Waals surface area contributed by atoms with Crippen LogP contribution >= 0.6 is 11.6 Å². The highest BCUT2D eigenvalue weighted by Gasteiger charge is 2.32. The summed E-state index contributed by atoms with van der Waals surface area (Å²) in [5.74, 6) is 0.338. The summed E-state index contributed by atoms with van der Waals surface area (Å²) in [4.78, 5) is 16.4. The van der Waals surface area contributed by atoms with Gasteiger partial charge in [-0.1, -0.05) is 16.8 Å². The molecular weight excluding hydrogens is 347 g/mol. The van der Waals surface area contributed by atoms with Gasteiger partial charge < -0.3 is 9.84 Å². The summed E-state index contributed by atoms with van der Waals surface area (Å²) in [6.07, 6.45) is -2.56. The lowest BCUT2D eigenvalue weighted by atomic mass is 10.1. The number of nitrogens with zero attached hydrogens (tertiary/aromatic N) is 2. The SMILES string of the molecule is CC(NC(=O)c1cc(C(F)(F)F)ccc1Cl)c1nc(C2CC2)no1. The van der Waals surface area contributed by atoms with Crippen molar-refractivity contribution in [1.29, 1.82) is 0 Å². The average molecular weight is 360 g/mol. The van der Waals surface area contributed by atoms with E-state index in [0.29, 0.717) is 17.8 Å². The van der Waals surface area contributed by atoms with Gasteiger partial charge in [0.2, 0.25) is 5.89 Å². The van der Waals surface area contributed by atoms with Crippen LogP contribution in [0.5, 0.6) is 0 Å². The third kappa shape index (κ3) is 3.53. The van der Waals surface area contributed by atoms with Gasteiger partial charge in [0, 0.05) is 5.92 Å². The average Bonchev–Trinajstić information content (AvgIpc) is 3.23. The lowest BCUT2D eigenvalue weighted by molar-refractivity contribution is -0.137. The van der Waals surface area contributed by atoms with Gasteiger partial charge >= 0.3 is 6.18 Å². The Bertz CT molecular complexity index is 772. The second-order valence-corrected chi connectivity index (χ2v) is 6.06. The zero-order chi connectivity index (χ0) is 17.5. The van der Waals surface area contributed by atoms with Crippen molar-refractivity contribution in [3.05, 3.63) is 46.1 Å². The van der Waals surface area contributed by atoms with E-state index in [1.165, 1.54) is 0 Å². The molecule has 128 valence electrons. The standard InChI is InChI=1S/C15H13ClF3N3O2/c1-7(14-21-12(22-24-14)8-2-3-8)20-13(23)10-6-9(15(17,18)19)4-5-11(10)16/h4-8H,2-3H2,1H3,(H,20,23). The summed E-state index contributed by atoms with van der Waals surface area (Å²) in [5, 5.41) is 6.28. The van der Waals surface area contributed by atoms with Gasteiger partial charge in [0.25, 0.3) is 5.91 Å². The van der Waals surface area contributed by atoms with Crippen molar-refractivity contribution in [1.82, 2.24) is 15.5 Å².